The lowest BCUT2D eigenvalue weighted by atomic mass is 10.1. The van der Waals surface area contributed by atoms with E-state index >= 15 is 0 Å². The van der Waals surface area contributed by atoms with Crippen LogP contribution in [0.3, 0.4) is 0 Å². The quantitative estimate of drug-likeness (QED) is 0.918. The fourth-order valence-corrected chi connectivity index (χ4v) is 3.38. The first kappa shape index (κ1) is 14.3. The van der Waals surface area contributed by atoms with E-state index in [1.54, 1.807) is 0 Å². The molecule has 0 aliphatic heterocycles. The van der Waals surface area contributed by atoms with E-state index in [-0.39, 0.29) is 0 Å². The molecule has 5 nitrogen and oxygen atoms in total. The molecule has 1 fully saturated rings. The summed E-state index contributed by atoms with van der Waals surface area (Å²) in [6.07, 6.45) is 8.22. The maximum atomic E-state index is 5.68. The highest BCUT2D eigenvalue weighted by molar-refractivity contribution is 5.25. The minimum absolute atomic E-state index is 0.604. The van der Waals surface area contributed by atoms with Gasteiger partial charge in [0.15, 0.2) is 0 Å². The van der Waals surface area contributed by atoms with Crippen LogP contribution >= 0.6 is 0 Å². The molecule has 2 N–H and O–H groups in total. The topological polar surface area (TPSA) is 61.7 Å². The smallest absolute Gasteiger partial charge is 0.0853 e. The SMILES string of the molecule is Cc1nn(Cc2ccn(C3CCCC3)n2)c(C)c1CCN. The Kier molecular flexibility index (Phi) is 4.10. The molecule has 0 amide bonds. The highest BCUT2D eigenvalue weighted by atomic mass is 15.3. The summed E-state index contributed by atoms with van der Waals surface area (Å²) in [4.78, 5) is 0. The van der Waals surface area contributed by atoms with Crippen molar-refractivity contribution in [1.82, 2.24) is 19.6 Å². The molecule has 1 saturated carbocycles. The van der Waals surface area contributed by atoms with Gasteiger partial charge in [-0.2, -0.15) is 10.2 Å². The van der Waals surface area contributed by atoms with Crippen LogP contribution in [-0.4, -0.2) is 26.1 Å². The average molecular weight is 287 g/mol. The Bertz CT molecular complexity index is 604. The van der Waals surface area contributed by atoms with E-state index in [2.05, 4.69) is 40.6 Å². The summed E-state index contributed by atoms with van der Waals surface area (Å²) in [5.74, 6) is 0. The minimum atomic E-state index is 0.604. The van der Waals surface area contributed by atoms with E-state index in [0.717, 1.165) is 24.4 Å². The molecule has 21 heavy (non-hydrogen) atoms. The van der Waals surface area contributed by atoms with Crippen LogP contribution in [-0.2, 0) is 13.0 Å². The molecule has 0 bridgehead atoms. The first-order valence-electron chi connectivity index (χ1n) is 7.96. The Labute approximate surface area is 126 Å². The van der Waals surface area contributed by atoms with Crippen molar-refractivity contribution in [2.24, 2.45) is 5.73 Å². The molecule has 114 valence electrons. The van der Waals surface area contributed by atoms with Crippen molar-refractivity contribution in [2.45, 2.75) is 58.5 Å². The Morgan fingerprint density at radius 1 is 1.24 bits per heavy atom. The normalized spacial score (nSPS) is 16.0. The number of aryl methyl sites for hydroxylation is 1. The van der Waals surface area contributed by atoms with Gasteiger partial charge in [-0.15, -0.1) is 0 Å². The van der Waals surface area contributed by atoms with Crippen molar-refractivity contribution in [3.63, 3.8) is 0 Å². The number of hydrogen-bond acceptors (Lipinski definition) is 3. The van der Waals surface area contributed by atoms with Gasteiger partial charge in [0.1, 0.15) is 0 Å². The largest absolute Gasteiger partial charge is 0.330 e. The van der Waals surface area contributed by atoms with E-state index in [4.69, 9.17) is 10.8 Å². The van der Waals surface area contributed by atoms with E-state index in [1.165, 1.54) is 36.9 Å². The molecule has 0 aromatic carbocycles. The fraction of sp³-hybridized carbons (Fsp3) is 0.625. The van der Waals surface area contributed by atoms with E-state index < -0.39 is 0 Å². The summed E-state index contributed by atoms with van der Waals surface area (Å²) in [6, 6.07) is 2.73. The molecule has 0 radical (unpaired) electrons. The van der Waals surface area contributed by atoms with Crippen LogP contribution < -0.4 is 5.73 Å². The first-order valence-corrected chi connectivity index (χ1v) is 7.96. The van der Waals surface area contributed by atoms with Crippen molar-refractivity contribution in [3.8, 4) is 0 Å². The summed E-state index contributed by atoms with van der Waals surface area (Å²) >= 11 is 0. The summed E-state index contributed by atoms with van der Waals surface area (Å²) in [6.45, 7) is 5.60. The lowest BCUT2D eigenvalue weighted by Gasteiger charge is -2.09. The number of rotatable bonds is 5. The average Bonchev–Trinajstić information content (AvgIpc) is 3.17. The van der Waals surface area contributed by atoms with Crippen LogP contribution in [0.2, 0.25) is 0 Å². The van der Waals surface area contributed by atoms with Gasteiger partial charge in [0.05, 0.1) is 24.0 Å². The van der Waals surface area contributed by atoms with Gasteiger partial charge < -0.3 is 5.73 Å². The molecule has 0 unspecified atom stereocenters. The van der Waals surface area contributed by atoms with Crippen LogP contribution in [0.5, 0.6) is 0 Å². The number of aromatic nitrogens is 4. The van der Waals surface area contributed by atoms with Gasteiger partial charge in [0.2, 0.25) is 0 Å². The monoisotopic (exact) mass is 287 g/mol. The van der Waals surface area contributed by atoms with Crippen molar-refractivity contribution in [2.75, 3.05) is 6.54 Å². The predicted molar refractivity (Wildman–Crippen MR) is 83.3 cm³/mol. The Balaban J connectivity index is 1.76. The van der Waals surface area contributed by atoms with Crippen molar-refractivity contribution < 1.29 is 0 Å². The first-order chi connectivity index (χ1) is 10.2. The van der Waals surface area contributed by atoms with Gasteiger partial charge >= 0.3 is 0 Å². The summed E-state index contributed by atoms with van der Waals surface area (Å²) < 4.78 is 4.20. The molecule has 0 spiro atoms. The number of nitrogens with two attached hydrogens (primary N) is 1. The summed E-state index contributed by atoms with van der Waals surface area (Å²) in [5.41, 5.74) is 10.4. The zero-order valence-electron chi connectivity index (χ0n) is 13.0. The molecular weight excluding hydrogens is 262 g/mol. The molecule has 0 atom stereocenters. The van der Waals surface area contributed by atoms with Gasteiger partial charge in [-0.05, 0) is 51.3 Å². The Morgan fingerprint density at radius 3 is 2.71 bits per heavy atom. The molecule has 2 aromatic rings. The lowest BCUT2D eigenvalue weighted by molar-refractivity contribution is 0.460. The molecule has 1 aliphatic rings. The standard InChI is InChI=1S/C16H25N5/c1-12-16(7-9-17)13(2)21(18-12)11-14-8-10-20(19-14)15-5-3-4-6-15/h8,10,15H,3-7,9,11,17H2,1-2H3. The van der Waals surface area contributed by atoms with Crippen LogP contribution in [0.4, 0.5) is 0 Å². The van der Waals surface area contributed by atoms with E-state index in [0.29, 0.717) is 12.6 Å². The van der Waals surface area contributed by atoms with Crippen LogP contribution in [0, 0.1) is 13.8 Å². The highest BCUT2D eigenvalue weighted by Gasteiger charge is 2.18. The van der Waals surface area contributed by atoms with Crippen molar-refractivity contribution in [3.05, 3.63) is 34.9 Å². The van der Waals surface area contributed by atoms with Gasteiger partial charge in [0, 0.05) is 11.9 Å². The third-order valence-electron chi connectivity index (χ3n) is 4.60. The van der Waals surface area contributed by atoms with Crippen LogP contribution in [0.1, 0.15) is 54.4 Å². The third-order valence-corrected chi connectivity index (χ3v) is 4.60. The highest BCUT2D eigenvalue weighted by Crippen LogP contribution is 2.28. The number of nitrogens with zero attached hydrogens (tertiary/aromatic N) is 4. The Hall–Kier alpha value is -1.62. The third kappa shape index (κ3) is 2.88. The minimum Gasteiger partial charge on any atom is -0.330 e. The second-order valence-electron chi connectivity index (χ2n) is 6.07. The fourth-order valence-electron chi connectivity index (χ4n) is 3.38. The van der Waals surface area contributed by atoms with Crippen LogP contribution in [0.25, 0.3) is 0 Å². The maximum absolute atomic E-state index is 5.68. The molecule has 2 aromatic heterocycles. The Morgan fingerprint density at radius 2 is 2.00 bits per heavy atom. The van der Waals surface area contributed by atoms with Gasteiger partial charge in [-0.1, -0.05) is 12.8 Å². The maximum Gasteiger partial charge on any atom is 0.0853 e. The molecule has 0 saturated heterocycles. The number of hydrogen-bond donors (Lipinski definition) is 1. The summed E-state index contributed by atoms with van der Waals surface area (Å²) in [5, 5.41) is 9.39. The summed E-state index contributed by atoms with van der Waals surface area (Å²) in [7, 11) is 0. The molecular formula is C16H25N5. The second-order valence-corrected chi connectivity index (χ2v) is 6.07. The van der Waals surface area contributed by atoms with Gasteiger partial charge in [0.25, 0.3) is 0 Å². The zero-order valence-corrected chi connectivity index (χ0v) is 13.0. The lowest BCUT2D eigenvalue weighted by Crippen LogP contribution is -2.09. The molecule has 1 aliphatic carbocycles. The molecule has 5 heteroatoms. The van der Waals surface area contributed by atoms with E-state index in [1.807, 2.05) is 0 Å². The predicted octanol–water partition coefficient (Wildman–Crippen LogP) is 2.36. The molecule has 2 heterocycles. The van der Waals surface area contributed by atoms with Gasteiger partial charge in [-0.3, -0.25) is 9.36 Å². The van der Waals surface area contributed by atoms with Crippen LogP contribution in [0.15, 0.2) is 12.3 Å². The van der Waals surface area contributed by atoms with Crippen molar-refractivity contribution in [1.29, 1.82) is 0 Å². The second kappa shape index (κ2) is 6.02. The van der Waals surface area contributed by atoms with Crippen molar-refractivity contribution >= 4 is 0 Å². The van der Waals surface area contributed by atoms with E-state index in [9.17, 15) is 0 Å². The van der Waals surface area contributed by atoms with Gasteiger partial charge in [-0.25, -0.2) is 0 Å². The zero-order chi connectivity index (χ0) is 14.8. The molecule has 3 rings (SSSR count).